The van der Waals surface area contributed by atoms with E-state index in [1.165, 1.54) is 6.07 Å². The third kappa shape index (κ3) is 1.79. The van der Waals surface area contributed by atoms with Crippen molar-refractivity contribution in [3.8, 4) is 5.75 Å². The van der Waals surface area contributed by atoms with Gasteiger partial charge in [-0.3, -0.25) is 4.79 Å². The molecule has 1 aliphatic heterocycles. The second-order valence-electron chi connectivity index (χ2n) is 3.47. The molecule has 0 atom stereocenters. The number of carbonyl (C=O) groups excluding carboxylic acids is 1. The minimum Gasteiger partial charge on any atom is -0.493 e. The molecule has 0 aromatic heterocycles. The van der Waals surface area contributed by atoms with E-state index in [0.29, 0.717) is 17.9 Å². The van der Waals surface area contributed by atoms with Gasteiger partial charge in [0.1, 0.15) is 11.6 Å². The highest BCUT2D eigenvalue weighted by molar-refractivity contribution is 6.00. The van der Waals surface area contributed by atoms with Crippen LogP contribution in [0.5, 0.6) is 5.75 Å². The van der Waals surface area contributed by atoms with Crippen LogP contribution in [0.15, 0.2) is 12.1 Å². The van der Waals surface area contributed by atoms with Gasteiger partial charge in [0, 0.05) is 5.56 Å². The predicted molar refractivity (Wildman–Crippen MR) is 54.5 cm³/mol. The molecule has 0 fully saturated rings. The quantitative estimate of drug-likeness (QED) is 0.827. The van der Waals surface area contributed by atoms with Crippen LogP contribution < -0.4 is 10.1 Å². The monoisotopic (exact) mass is 209 g/mol. The summed E-state index contributed by atoms with van der Waals surface area (Å²) >= 11 is 0. The molecule has 0 bridgehead atoms. The van der Waals surface area contributed by atoms with Crippen molar-refractivity contribution in [1.29, 1.82) is 0 Å². The maximum Gasteiger partial charge on any atom is 0.229 e. The summed E-state index contributed by atoms with van der Waals surface area (Å²) in [6.45, 7) is 2.57. The average molecular weight is 209 g/mol. The van der Waals surface area contributed by atoms with Crippen molar-refractivity contribution in [3.63, 3.8) is 0 Å². The summed E-state index contributed by atoms with van der Waals surface area (Å²) in [5, 5.41) is 2.49. The number of ether oxygens (including phenoxy) is 1. The van der Waals surface area contributed by atoms with E-state index in [1.54, 1.807) is 6.07 Å². The highest BCUT2D eigenvalue weighted by atomic mass is 19.1. The normalized spacial score (nSPS) is 13.6. The Kier molecular flexibility index (Phi) is 2.58. The molecule has 0 saturated carbocycles. The van der Waals surface area contributed by atoms with E-state index in [-0.39, 0.29) is 18.0 Å². The average Bonchev–Trinajstić information content (AvgIpc) is 2.60. The lowest BCUT2D eigenvalue weighted by atomic mass is 10.1. The molecule has 0 spiro atoms. The zero-order valence-electron chi connectivity index (χ0n) is 8.47. The number of anilines is 1. The highest BCUT2D eigenvalue weighted by Gasteiger charge is 2.24. The fraction of sp³-hybridized carbons (Fsp3) is 0.364. The summed E-state index contributed by atoms with van der Waals surface area (Å²) < 4.78 is 18.7. The molecule has 3 nitrogen and oxygen atoms in total. The third-order valence-electron chi connectivity index (χ3n) is 2.28. The Balaban J connectivity index is 2.34. The van der Waals surface area contributed by atoms with E-state index in [0.717, 1.165) is 6.42 Å². The van der Waals surface area contributed by atoms with E-state index in [2.05, 4.69) is 5.32 Å². The van der Waals surface area contributed by atoms with Crippen LogP contribution in [0.1, 0.15) is 18.9 Å². The van der Waals surface area contributed by atoms with Crippen LogP contribution in [0, 0.1) is 5.82 Å². The summed E-state index contributed by atoms with van der Waals surface area (Å²) in [6, 6.07) is 2.89. The maximum absolute atomic E-state index is 13.3. The first kappa shape index (κ1) is 9.96. The van der Waals surface area contributed by atoms with Gasteiger partial charge in [-0.2, -0.15) is 0 Å². The maximum atomic E-state index is 13.3. The Morgan fingerprint density at radius 3 is 3.07 bits per heavy atom. The molecule has 80 valence electrons. The SMILES string of the molecule is CCCOc1ccc(F)c2c1CC(=O)N2. The molecule has 2 rings (SSSR count). The van der Waals surface area contributed by atoms with Crippen molar-refractivity contribution in [2.24, 2.45) is 0 Å². The number of hydrogen-bond acceptors (Lipinski definition) is 2. The molecule has 0 saturated heterocycles. The first-order chi connectivity index (χ1) is 7.22. The van der Waals surface area contributed by atoms with Gasteiger partial charge in [-0.25, -0.2) is 4.39 Å². The second kappa shape index (κ2) is 3.88. The largest absolute Gasteiger partial charge is 0.493 e. The van der Waals surface area contributed by atoms with Gasteiger partial charge in [-0.15, -0.1) is 0 Å². The minimum absolute atomic E-state index is 0.184. The zero-order valence-corrected chi connectivity index (χ0v) is 8.47. The van der Waals surface area contributed by atoms with Gasteiger partial charge in [0.2, 0.25) is 5.91 Å². The fourth-order valence-corrected chi connectivity index (χ4v) is 1.60. The van der Waals surface area contributed by atoms with Crippen molar-refractivity contribution in [3.05, 3.63) is 23.5 Å². The van der Waals surface area contributed by atoms with Crippen LogP contribution in [0.25, 0.3) is 0 Å². The van der Waals surface area contributed by atoms with E-state index in [1.807, 2.05) is 6.92 Å². The van der Waals surface area contributed by atoms with Crippen molar-refractivity contribution in [2.75, 3.05) is 11.9 Å². The molecule has 1 aliphatic rings. The van der Waals surface area contributed by atoms with Crippen LogP contribution in [0.2, 0.25) is 0 Å². The van der Waals surface area contributed by atoms with Gasteiger partial charge in [0.15, 0.2) is 0 Å². The summed E-state index contributed by atoms with van der Waals surface area (Å²) in [7, 11) is 0. The third-order valence-corrected chi connectivity index (χ3v) is 2.28. The van der Waals surface area contributed by atoms with Gasteiger partial charge in [-0.05, 0) is 18.6 Å². The molecule has 0 unspecified atom stereocenters. The standard InChI is InChI=1S/C11H12FNO2/c1-2-5-15-9-4-3-8(12)11-7(9)6-10(14)13-11/h3-4H,2,5-6H2,1H3,(H,13,14). The van der Waals surface area contributed by atoms with Crippen LogP contribution in [0.4, 0.5) is 10.1 Å². The number of fused-ring (bicyclic) bond motifs is 1. The van der Waals surface area contributed by atoms with E-state index in [9.17, 15) is 9.18 Å². The zero-order chi connectivity index (χ0) is 10.8. The Bertz CT molecular complexity index is 404. The summed E-state index contributed by atoms with van der Waals surface area (Å²) in [5.41, 5.74) is 0.905. The molecule has 1 aromatic carbocycles. The van der Waals surface area contributed by atoms with Gasteiger partial charge in [-0.1, -0.05) is 6.92 Å². The Hall–Kier alpha value is -1.58. The number of carbonyl (C=O) groups is 1. The molecule has 1 N–H and O–H groups in total. The van der Waals surface area contributed by atoms with Crippen LogP contribution in [-0.2, 0) is 11.2 Å². The molecular weight excluding hydrogens is 197 g/mol. The Morgan fingerprint density at radius 1 is 1.53 bits per heavy atom. The lowest BCUT2D eigenvalue weighted by molar-refractivity contribution is -0.115. The van der Waals surface area contributed by atoms with Crippen LogP contribution >= 0.6 is 0 Å². The molecule has 1 amide bonds. The minimum atomic E-state index is -0.403. The van der Waals surface area contributed by atoms with Gasteiger partial charge >= 0.3 is 0 Å². The molecule has 15 heavy (non-hydrogen) atoms. The number of nitrogens with one attached hydrogen (secondary N) is 1. The lowest BCUT2D eigenvalue weighted by Crippen LogP contribution is -2.04. The topological polar surface area (TPSA) is 38.3 Å². The van der Waals surface area contributed by atoms with Gasteiger partial charge in [0.05, 0.1) is 18.7 Å². The van der Waals surface area contributed by atoms with Crippen LogP contribution in [0.3, 0.4) is 0 Å². The first-order valence-corrected chi connectivity index (χ1v) is 4.96. The van der Waals surface area contributed by atoms with Crippen molar-refractivity contribution in [2.45, 2.75) is 19.8 Å². The van der Waals surface area contributed by atoms with E-state index in [4.69, 9.17) is 4.74 Å². The molecule has 1 aromatic rings. The number of benzene rings is 1. The summed E-state index contributed by atoms with van der Waals surface area (Å²) in [5.74, 6) is 0.0164. The van der Waals surface area contributed by atoms with E-state index < -0.39 is 5.82 Å². The molecule has 0 aliphatic carbocycles. The summed E-state index contributed by atoms with van der Waals surface area (Å²) in [6.07, 6.45) is 1.08. The first-order valence-electron chi connectivity index (χ1n) is 4.96. The van der Waals surface area contributed by atoms with Crippen molar-refractivity contribution in [1.82, 2.24) is 0 Å². The predicted octanol–water partition coefficient (Wildman–Crippen LogP) is 2.11. The lowest BCUT2D eigenvalue weighted by Gasteiger charge is -2.09. The fourth-order valence-electron chi connectivity index (χ4n) is 1.60. The highest BCUT2D eigenvalue weighted by Crippen LogP contribution is 2.33. The van der Waals surface area contributed by atoms with Crippen molar-refractivity contribution < 1.29 is 13.9 Å². The smallest absolute Gasteiger partial charge is 0.229 e. The second-order valence-corrected chi connectivity index (χ2v) is 3.47. The molecular formula is C11H12FNO2. The van der Waals surface area contributed by atoms with Gasteiger partial charge in [0.25, 0.3) is 0 Å². The molecule has 4 heteroatoms. The van der Waals surface area contributed by atoms with Gasteiger partial charge < -0.3 is 10.1 Å². The number of hydrogen-bond donors (Lipinski definition) is 1. The number of halogens is 1. The molecule has 1 heterocycles. The van der Waals surface area contributed by atoms with Crippen molar-refractivity contribution >= 4 is 11.6 Å². The number of amides is 1. The van der Waals surface area contributed by atoms with Crippen LogP contribution in [-0.4, -0.2) is 12.5 Å². The number of rotatable bonds is 3. The molecule has 0 radical (unpaired) electrons. The Morgan fingerprint density at radius 2 is 2.33 bits per heavy atom. The summed E-state index contributed by atoms with van der Waals surface area (Å²) in [4.78, 5) is 11.1. The van der Waals surface area contributed by atoms with E-state index >= 15 is 0 Å². The Labute approximate surface area is 87.2 Å².